The highest BCUT2D eigenvalue weighted by Gasteiger charge is 2.17. The van der Waals surface area contributed by atoms with Crippen LogP contribution in [0.25, 0.3) is 12.2 Å². The summed E-state index contributed by atoms with van der Waals surface area (Å²) in [6.07, 6.45) is 4.81. The van der Waals surface area contributed by atoms with E-state index in [2.05, 4.69) is 5.32 Å². The van der Waals surface area contributed by atoms with Crippen LogP contribution in [-0.2, 0) is 25.6 Å². The molecule has 33 heavy (non-hydrogen) atoms. The number of amides is 1. The first kappa shape index (κ1) is 23.1. The molecule has 1 atom stereocenters. The quantitative estimate of drug-likeness (QED) is 0.570. The van der Waals surface area contributed by atoms with E-state index in [4.69, 9.17) is 18.9 Å². The van der Waals surface area contributed by atoms with Gasteiger partial charge < -0.3 is 24.3 Å². The minimum atomic E-state index is -0.571. The summed E-state index contributed by atoms with van der Waals surface area (Å²) in [6, 6.07) is 5.40. The van der Waals surface area contributed by atoms with E-state index in [0.29, 0.717) is 47.1 Å². The summed E-state index contributed by atoms with van der Waals surface area (Å²) in [4.78, 5) is 37.7. The van der Waals surface area contributed by atoms with Crippen molar-refractivity contribution in [2.45, 2.75) is 32.4 Å². The van der Waals surface area contributed by atoms with Gasteiger partial charge in [-0.25, -0.2) is 4.79 Å². The van der Waals surface area contributed by atoms with Crippen molar-refractivity contribution >= 4 is 35.4 Å². The van der Waals surface area contributed by atoms with Crippen LogP contribution in [-0.4, -0.2) is 55.5 Å². The molecule has 2 aromatic rings. The Labute approximate surface area is 194 Å². The third kappa shape index (κ3) is 5.82. The number of fused-ring (bicyclic) bond motifs is 1. The Morgan fingerprint density at radius 1 is 1.24 bits per heavy atom. The lowest BCUT2D eigenvalue weighted by atomic mass is 10.2. The number of carbonyl (C=O) groups excluding carboxylic acids is 2. The Hall–Kier alpha value is -3.11. The fraction of sp³-hybridized carbons (Fsp3) is 0.435. The lowest BCUT2D eigenvalue weighted by Gasteiger charge is -2.18. The van der Waals surface area contributed by atoms with E-state index < -0.39 is 5.97 Å². The standard InChI is InChI=1S/C23H26N2O7S/c1-2-29-22(27)12-21-25(14-20(26)24-13-16-4-3-7-30-16)23(28)19(33-21)11-15-5-6-17-18(10-15)32-9-8-31-17/h5-6,10-12,16H,2-4,7-9,13-14H2,1H3,(H,24,26)/b19-11+,21-12-. The van der Waals surface area contributed by atoms with Gasteiger partial charge in [-0.3, -0.25) is 14.2 Å². The number of rotatable bonds is 7. The smallest absolute Gasteiger partial charge is 0.333 e. The van der Waals surface area contributed by atoms with E-state index >= 15 is 0 Å². The fourth-order valence-corrected chi connectivity index (χ4v) is 4.64. The van der Waals surface area contributed by atoms with E-state index in [0.717, 1.165) is 29.7 Å². The van der Waals surface area contributed by atoms with Gasteiger partial charge in [-0.15, -0.1) is 11.3 Å². The molecule has 176 valence electrons. The predicted molar refractivity (Wildman–Crippen MR) is 122 cm³/mol. The zero-order valence-corrected chi connectivity index (χ0v) is 19.2. The van der Waals surface area contributed by atoms with Crippen LogP contribution in [0.2, 0.25) is 0 Å². The molecule has 1 aromatic heterocycles. The summed E-state index contributed by atoms with van der Waals surface area (Å²) in [5.41, 5.74) is 0.382. The fourth-order valence-electron chi connectivity index (χ4n) is 3.61. The topological polar surface area (TPSA) is 105 Å². The number of esters is 1. The summed E-state index contributed by atoms with van der Waals surface area (Å²) in [5, 5.41) is 2.81. The number of hydrogen-bond acceptors (Lipinski definition) is 8. The second-order valence-corrected chi connectivity index (χ2v) is 8.64. The van der Waals surface area contributed by atoms with E-state index in [9.17, 15) is 14.4 Å². The average Bonchev–Trinajstić information content (AvgIpc) is 3.42. The van der Waals surface area contributed by atoms with Gasteiger partial charge >= 0.3 is 5.97 Å². The summed E-state index contributed by atoms with van der Waals surface area (Å²) in [7, 11) is 0. The molecule has 0 saturated carbocycles. The van der Waals surface area contributed by atoms with E-state index in [1.165, 1.54) is 10.6 Å². The van der Waals surface area contributed by atoms with Crippen LogP contribution in [0.5, 0.6) is 11.5 Å². The molecular formula is C23H26N2O7S. The Balaban J connectivity index is 1.63. The molecule has 2 aliphatic rings. The van der Waals surface area contributed by atoms with Crippen molar-refractivity contribution in [3.05, 3.63) is 43.3 Å². The van der Waals surface area contributed by atoms with Gasteiger partial charge in [0, 0.05) is 13.2 Å². The zero-order chi connectivity index (χ0) is 23.2. The number of benzene rings is 1. The summed E-state index contributed by atoms with van der Waals surface area (Å²) >= 11 is 1.12. The summed E-state index contributed by atoms with van der Waals surface area (Å²) < 4.78 is 23.7. The van der Waals surface area contributed by atoms with E-state index in [-0.39, 0.29) is 30.7 Å². The van der Waals surface area contributed by atoms with Crippen LogP contribution in [0.1, 0.15) is 25.3 Å². The van der Waals surface area contributed by atoms with Crippen LogP contribution in [0.15, 0.2) is 23.0 Å². The number of ether oxygens (including phenoxy) is 4. The molecule has 10 heteroatoms. The highest BCUT2D eigenvalue weighted by atomic mass is 32.1. The van der Waals surface area contributed by atoms with Gasteiger partial charge in [0.1, 0.15) is 24.4 Å². The maximum atomic E-state index is 13.1. The molecule has 1 N–H and O–H groups in total. The van der Waals surface area contributed by atoms with Crippen LogP contribution in [0.4, 0.5) is 0 Å². The average molecular weight is 475 g/mol. The van der Waals surface area contributed by atoms with Gasteiger partial charge in [0.05, 0.1) is 23.3 Å². The van der Waals surface area contributed by atoms with Crippen molar-refractivity contribution in [2.24, 2.45) is 0 Å². The van der Waals surface area contributed by atoms with Gasteiger partial charge in [-0.05, 0) is 43.5 Å². The highest BCUT2D eigenvalue weighted by molar-refractivity contribution is 7.07. The number of nitrogens with zero attached hydrogens (tertiary/aromatic N) is 1. The van der Waals surface area contributed by atoms with Crippen molar-refractivity contribution in [2.75, 3.05) is 33.0 Å². The molecule has 1 saturated heterocycles. The van der Waals surface area contributed by atoms with Crippen LogP contribution < -0.4 is 29.5 Å². The molecule has 1 amide bonds. The third-order valence-electron chi connectivity index (χ3n) is 5.18. The van der Waals surface area contributed by atoms with Gasteiger partial charge in [0.2, 0.25) is 5.91 Å². The van der Waals surface area contributed by atoms with Crippen molar-refractivity contribution in [1.82, 2.24) is 9.88 Å². The molecule has 4 rings (SSSR count). The van der Waals surface area contributed by atoms with Crippen molar-refractivity contribution in [1.29, 1.82) is 0 Å². The van der Waals surface area contributed by atoms with Crippen LogP contribution >= 0.6 is 11.3 Å². The molecule has 9 nitrogen and oxygen atoms in total. The molecule has 3 heterocycles. The number of nitrogens with one attached hydrogen (secondary N) is 1. The molecular weight excluding hydrogens is 448 g/mol. The summed E-state index contributed by atoms with van der Waals surface area (Å²) in [6.45, 7) is 3.75. The largest absolute Gasteiger partial charge is 0.486 e. The number of hydrogen-bond donors (Lipinski definition) is 1. The Bertz CT molecular complexity index is 1190. The number of carbonyl (C=O) groups is 2. The first-order valence-electron chi connectivity index (χ1n) is 10.9. The van der Waals surface area contributed by atoms with E-state index in [1.54, 1.807) is 25.1 Å². The molecule has 0 aliphatic carbocycles. The minimum absolute atomic E-state index is 0.00202. The molecule has 0 radical (unpaired) electrons. The van der Waals surface area contributed by atoms with Crippen LogP contribution in [0.3, 0.4) is 0 Å². The number of aromatic nitrogens is 1. The maximum Gasteiger partial charge on any atom is 0.333 e. The molecule has 0 spiro atoms. The molecule has 1 aromatic carbocycles. The zero-order valence-electron chi connectivity index (χ0n) is 18.3. The van der Waals surface area contributed by atoms with Gasteiger partial charge in [-0.2, -0.15) is 0 Å². The summed E-state index contributed by atoms with van der Waals surface area (Å²) in [5.74, 6) is 0.368. The Kier molecular flexibility index (Phi) is 7.46. The monoisotopic (exact) mass is 474 g/mol. The molecule has 2 aliphatic heterocycles. The minimum Gasteiger partial charge on any atom is -0.486 e. The lowest BCUT2D eigenvalue weighted by molar-refractivity contribution is -0.135. The first-order valence-corrected chi connectivity index (χ1v) is 11.7. The van der Waals surface area contributed by atoms with Crippen molar-refractivity contribution in [3.63, 3.8) is 0 Å². The third-order valence-corrected chi connectivity index (χ3v) is 6.24. The van der Waals surface area contributed by atoms with Gasteiger partial charge in [-0.1, -0.05) is 6.07 Å². The first-order chi connectivity index (χ1) is 16.0. The Morgan fingerprint density at radius 2 is 2.06 bits per heavy atom. The van der Waals surface area contributed by atoms with Crippen LogP contribution in [0, 0.1) is 0 Å². The Morgan fingerprint density at radius 3 is 2.82 bits per heavy atom. The number of thiazole rings is 1. The van der Waals surface area contributed by atoms with Gasteiger partial charge in [0.25, 0.3) is 5.56 Å². The molecule has 0 bridgehead atoms. The normalized spacial score (nSPS) is 18.4. The molecule has 1 unspecified atom stereocenters. The SMILES string of the molecule is CCOC(=O)/C=c1\s/c(=C/c2ccc3c(c2)OCCO3)c(=O)n1CC(=O)NCC1CCCO1. The van der Waals surface area contributed by atoms with E-state index in [1.807, 2.05) is 6.07 Å². The lowest BCUT2D eigenvalue weighted by Crippen LogP contribution is -2.40. The maximum absolute atomic E-state index is 13.1. The molecule has 1 fully saturated rings. The second-order valence-electron chi connectivity index (χ2n) is 7.58. The second kappa shape index (κ2) is 10.7. The predicted octanol–water partition coefficient (Wildman–Crippen LogP) is 0.149. The van der Waals surface area contributed by atoms with Crippen molar-refractivity contribution < 1.29 is 28.5 Å². The highest BCUT2D eigenvalue weighted by Crippen LogP contribution is 2.30. The van der Waals surface area contributed by atoms with Gasteiger partial charge in [0.15, 0.2) is 11.5 Å². The van der Waals surface area contributed by atoms with Crippen molar-refractivity contribution in [3.8, 4) is 11.5 Å².